The summed E-state index contributed by atoms with van der Waals surface area (Å²) < 4.78 is 1.84. The van der Waals surface area contributed by atoms with Crippen LogP contribution in [0.1, 0.15) is 5.56 Å². The quantitative estimate of drug-likeness (QED) is 0.676. The van der Waals surface area contributed by atoms with E-state index < -0.39 is 0 Å². The Morgan fingerprint density at radius 1 is 1.27 bits per heavy atom. The molecule has 3 aromatic rings. The summed E-state index contributed by atoms with van der Waals surface area (Å²) in [5.74, 6) is 0.793. The molecule has 3 rings (SSSR count). The van der Waals surface area contributed by atoms with Gasteiger partial charge in [-0.15, -0.1) is 10.2 Å². The van der Waals surface area contributed by atoms with Gasteiger partial charge in [-0.1, -0.05) is 23.9 Å². The van der Waals surface area contributed by atoms with Crippen molar-refractivity contribution in [1.82, 2.24) is 19.7 Å². The Morgan fingerprint density at radius 2 is 2.08 bits per heavy atom. The third kappa shape index (κ3) is 4.26. The third-order valence-corrected chi connectivity index (χ3v) is 4.63. The van der Waals surface area contributed by atoms with E-state index >= 15 is 0 Å². The second-order valence-corrected chi connectivity index (χ2v) is 6.42. The van der Waals surface area contributed by atoms with Crippen LogP contribution in [-0.2, 0) is 18.3 Å². The topological polar surface area (TPSA) is 96.5 Å². The van der Waals surface area contributed by atoms with Crippen LogP contribution < -0.4 is 5.32 Å². The van der Waals surface area contributed by atoms with Gasteiger partial charge in [0, 0.05) is 30.7 Å². The number of pyridine rings is 1. The van der Waals surface area contributed by atoms with Crippen molar-refractivity contribution in [2.75, 3.05) is 11.1 Å². The number of hydrogen-bond donors (Lipinski definition) is 1. The summed E-state index contributed by atoms with van der Waals surface area (Å²) >= 11 is 1.32. The number of carbonyl (C=O) groups is 1. The molecule has 0 saturated heterocycles. The predicted octanol–water partition coefficient (Wildman–Crippen LogP) is 2.67. The molecule has 0 unspecified atom stereocenters. The monoisotopic (exact) mass is 364 g/mol. The van der Waals surface area contributed by atoms with Crippen molar-refractivity contribution >= 4 is 23.4 Å². The van der Waals surface area contributed by atoms with Gasteiger partial charge in [0.1, 0.15) is 0 Å². The molecule has 2 heterocycles. The van der Waals surface area contributed by atoms with Gasteiger partial charge >= 0.3 is 0 Å². The summed E-state index contributed by atoms with van der Waals surface area (Å²) in [6.45, 7) is 0. The Bertz CT molecular complexity index is 931. The average molecular weight is 364 g/mol. The van der Waals surface area contributed by atoms with E-state index in [2.05, 4.69) is 26.6 Å². The van der Waals surface area contributed by atoms with E-state index in [1.165, 1.54) is 11.8 Å². The molecule has 130 valence electrons. The molecule has 0 aliphatic rings. The molecule has 1 N–H and O–H groups in total. The number of carbonyl (C=O) groups excluding carboxylic acids is 1. The molecule has 26 heavy (non-hydrogen) atoms. The normalized spacial score (nSPS) is 10.3. The van der Waals surface area contributed by atoms with Gasteiger partial charge in [-0.2, -0.15) is 5.26 Å². The highest BCUT2D eigenvalue weighted by Gasteiger charge is 2.13. The van der Waals surface area contributed by atoms with E-state index in [0.29, 0.717) is 23.1 Å². The molecule has 0 aliphatic heterocycles. The molecule has 7 nitrogen and oxygen atoms in total. The van der Waals surface area contributed by atoms with Crippen LogP contribution in [0.2, 0.25) is 0 Å². The number of aromatic nitrogens is 4. The fourth-order valence-electron chi connectivity index (χ4n) is 2.31. The summed E-state index contributed by atoms with van der Waals surface area (Å²) in [6, 6.07) is 13.1. The van der Waals surface area contributed by atoms with Gasteiger partial charge in [-0.3, -0.25) is 9.78 Å². The first kappa shape index (κ1) is 17.6. The number of nitriles is 1. The van der Waals surface area contributed by atoms with Crippen molar-refractivity contribution in [1.29, 1.82) is 5.26 Å². The van der Waals surface area contributed by atoms with Crippen LogP contribution in [0.3, 0.4) is 0 Å². The Kier molecular flexibility index (Phi) is 5.61. The average Bonchev–Trinajstić information content (AvgIpc) is 3.03. The maximum atomic E-state index is 12.1. The fourth-order valence-corrected chi connectivity index (χ4v) is 3.02. The molecule has 2 aromatic heterocycles. The summed E-state index contributed by atoms with van der Waals surface area (Å²) in [4.78, 5) is 16.2. The van der Waals surface area contributed by atoms with Gasteiger partial charge in [0.05, 0.1) is 18.2 Å². The lowest BCUT2D eigenvalue weighted by Crippen LogP contribution is -2.14. The maximum Gasteiger partial charge on any atom is 0.234 e. The fraction of sp³-hybridized carbons (Fsp3) is 0.167. The number of hydrogen-bond acceptors (Lipinski definition) is 6. The zero-order valence-corrected chi connectivity index (χ0v) is 14.9. The van der Waals surface area contributed by atoms with Crippen LogP contribution >= 0.6 is 11.8 Å². The van der Waals surface area contributed by atoms with Crippen LogP contribution in [0, 0.1) is 11.3 Å². The molecule has 0 radical (unpaired) electrons. The number of amides is 1. The Labute approximate surface area is 155 Å². The summed E-state index contributed by atoms with van der Waals surface area (Å²) in [7, 11) is 1.86. The van der Waals surface area contributed by atoms with Crippen LogP contribution in [0.4, 0.5) is 5.69 Å². The van der Waals surface area contributed by atoms with Crippen LogP contribution in [0.25, 0.3) is 11.4 Å². The number of benzene rings is 1. The van der Waals surface area contributed by atoms with Crippen LogP contribution in [0.5, 0.6) is 0 Å². The molecular formula is C18H16N6OS. The van der Waals surface area contributed by atoms with Gasteiger partial charge in [0.2, 0.25) is 5.91 Å². The first-order valence-electron chi connectivity index (χ1n) is 7.85. The Morgan fingerprint density at radius 3 is 2.77 bits per heavy atom. The van der Waals surface area contributed by atoms with E-state index in [-0.39, 0.29) is 11.7 Å². The molecule has 0 bridgehead atoms. The van der Waals surface area contributed by atoms with Gasteiger partial charge < -0.3 is 9.88 Å². The number of rotatable bonds is 6. The number of nitrogens with one attached hydrogen (secondary N) is 1. The van der Waals surface area contributed by atoms with E-state index in [1.807, 2.05) is 35.9 Å². The highest BCUT2D eigenvalue weighted by atomic mass is 32.2. The molecule has 1 amide bonds. The first-order valence-corrected chi connectivity index (χ1v) is 8.84. The van der Waals surface area contributed by atoms with Crippen molar-refractivity contribution in [2.24, 2.45) is 7.05 Å². The first-order chi connectivity index (χ1) is 12.7. The number of nitrogens with zero attached hydrogens (tertiary/aromatic N) is 5. The summed E-state index contributed by atoms with van der Waals surface area (Å²) in [5.41, 5.74) is 2.49. The predicted molar refractivity (Wildman–Crippen MR) is 99.3 cm³/mol. The second-order valence-electron chi connectivity index (χ2n) is 5.48. The molecule has 1 aromatic carbocycles. The van der Waals surface area contributed by atoms with Crippen molar-refractivity contribution in [3.63, 3.8) is 0 Å². The highest BCUT2D eigenvalue weighted by Crippen LogP contribution is 2.22. The largest absolute Gasteiger partial charge is 0.325 e. The Hall–Kier alpha value is -3.18. The maximum absolute atomic E-state index is 12.1. The van der Waals surface area contributed by atoms with Gasteiger partial charge in [0.25, 0.3) is 0 Å². The van der Waals surface area contributed by atoms with E-state index in [9.17, 15) is 4.79 Å². The SMILES string of the molecule is Cn1c(SCC(=O)Nc2ccc(CC#N)cc2)nnc1-c1cccnc1. The zero-order valence-electron chi connectivity index (χ0n) is 14.1. The zero-order chi connectivity index (χ0) is 18.4. The van der Waals surface area contributed by atoms with Crippen molar-refractivity contribution in [3.05, 3.63) is 54.4 Å². The minimum Gasteiger partial charge on any atom is -0.325 e. The third-order valence-electron chi connectivity index (χ3n) is 3.61. The van der Waals surface area contributed by atoms with Crippen LogP contribution in [0.15, 0.2) is 53.9 Å². The molecule has 0 atom stereocenters. The molecule has 0 fully saturated rings. The molecule has 8 heteroatoms. The smallest absolute Gasteiger partial charge is 0.234 e. The van der Waals surface area contributed by atoms with E-state index in [0.717, 1.165) is 11.1 Å². The van der Waals surface area contributed by atoms with E-state index in [1.54, 1.807) is 24.5 Å². The van der Waals surface area contributed by atoms with Crippen molar-refractivity contribution < 1.29 is 4.79 Å². The summed E-state index contributed by atoms with van der Waals surface area (Å²) in [6.07, 6.45) is 3.78. The minimum absolute atomic E-state index is 0.131. The second kappa shape index (κ2) is 8.27. The van der Waals surface area contributed by atoms with Gasteiger partial charge in [-0.05, 0) is 29.8 Å². The van der Waals surface area contributed by atoms with Crippen molar-refractivity contribution in [3.8, 4) is 17.5 Å². The van der Waals surface area contributed by atoms with Gasteiger partial charge in [0.15, 0.2) is 11.0 Å². The van der Waals surface area contributed by atoms with Crippen molar-refractivity contribution in [2.45, 2.75) is 11.6 Å². The lowest BCUT2D eigenvalue weighted by atomic mass is 10.1. The lowest BCUT2D eigenvalue weighted by molar-refractivity contribution is -0.113. The van der Waals surface area contributed by atoms with E-state index in [4.69, 9.17) is 5.26 Å². The van der Waals surface area contributed by atoms with Crippen LogP contribution in [-0.4, -0.2) is 31.4 Å². The van der Waals surface area contributed by atoms with Gasteiger partial charge in [-0.25, -0.2) is 0 Å². The summed E-state index contributed by atoms with van der Waals surface area (Å²) in [5, 5.41) is 20.5. The number of anilines is 1. The molecule has 0 aliphatic carbocycles. The number of thioether (sulfide) groups is 1. The Balaban J connectivity index is 1.58. The molecule has 0 saturated carbocycles. The molecule has 0 spiro atoms. The lowest BCUT2D eigenvalue weighted by Gasteiger charge is -2.06. The highest BCUT2D eigenvalue weighted by molar-refractivity contribution is 7.99. The molecular weight excluding hydrogens is 348 g/mol. The standard InChI is InChI=1S/C18H16N6OS/c1-24-17(14-3-2-10-20-11-14)22-23-18(24)26-12-16(25)21-15-6-4-13(5-7-15)8-9-19/h2-7,10-11H,8,12H2,1H3,(H,21,25). The minimum atomic E-state index is -0.131.